The van der Waals surface area contributed by atoms with Crippen molar-refractivity contribution in [2.45, 2.75) is 0 Å². The van der Waals surface area contributed by atoms with E-state index in [1.807, 2.05) is 11.5 Å². The van der Waals surface area contributed by atoms with Crippen LogP contribution >= 0.6 is 0 Å². The van der Waals surface area contributed by atoms with Crippen molar-refractivity contribution in [3.63, 3.8) is 0 Å². The minimum absolute atomic E-state index is 0.0575. The Morgan fingerprint density at radius 1 is 1.88 bits per heavy atom. The van der Waals surface area contributed by atoms with Crippen LogP contribution in [-0.4, -0.2) is 5.75 Å². The van der Waals surface area contributed by atoms with Gasteiger partial charge in [0.05, 0.1) is 0 Å². The van der Waals surface area contributed by atoms with Gasteiger partial charge in [0.2, 0.25) is 0 Å². The van der Waals surface area contributed by atoms with Crippen LogP contribution < -0.4 is 0 Å². The molecule has 0 saturated heterocycles. The lowest BCUT2D eigenvalue weighted by Crippen LogP contribution is -1.94. The Bertz CT molecular complexity index is 173. The van der Waals surface area contributed by atoms with E-state index in [1.165, 1.54) is 0 Å². The van der Waals surface area contributed by atoms with Crippen LogP contribution in [0.25, 0.3) is 0 Å². The molecule has 0 nitrogen and oxygen atoms in total. The van der Waals surface area contributed by atoms with Crippen molar-refractivity contribution in [3.8, 4) is 12.3 Å². The molecule has 0 bridgehead atoms. The van der Waals surface area contributed by atoms with Crippen molar-refractivity contribution in [1.82, 2.24) is 0 Å². The zero-order valence-electron chi connectivity index (χ0n) is 4.33. The van der Waals surface area contributed by atoms with Gasteiger partial charge in [-0.3, -0.25) is 0 Å². The molecule has 0 fully saturated rings. The summed E-state index contributed by atoms with van der Waals surface area (Å²) >= 11 is 4.99. The third-order valence-corrected chi connectivity index (χ3v) is 2.91. The summed E-state index contributed by atoms with van der Waals surface area (Å²) in [5.41, 5.74) is 0. The fraction of sp³-hybridized carbons (Fsp3) is 0.333. The first kappa shape index (κ1) is 6.00. The van der Waals surface area contributed by atoms with Crippen molar-refractivity contribution < 1.29 is 0 Å². The summed E-state index contributed by atoms with van der Waals surface area (Å²) in [7, 11) is 0.0575. The summed E-state index contributed by atoms with van der Waals surface area (Å²) in [4.78, 5) is 0. The zero-order chi connectivity index (χ0) is 5.98. The van der Waals surface area contributed by atoms with E-state index in [2.05, 4.69) is 5.92 Å². The third kappa shape index (κ3) is 1.18. The van der Waals surface area contributed by atoms with E-state index in [1.54, 1.807) is 0 Å². The molecule has 0 radical (unpaired) electrons. The van der Waals surface area contributed by atoms with Gasteiger partial charge in [0, 0.05) is 11.7 Å². The molecular weight excluding hydrogens is 136 g/mol. The smallest absolute Gasteiger partial charge is 0.0484 e. The second kappa shape index (κ2) is 2.43. The number of terminal acetylenes is 1. The molecule has 0 amide bonds. The highest BCUT2D eigenvalue weighted by Crippen LogP contribution is 2.09. The lowest BCUT2D eigenvalue weighted by Gasteiger charge is -1.91. The molecule has 0 aromatic heterocycles. The Hall–Kier alpha value is -0.130. The summed E-state index contributed by atoms with van der Waals surface area (Å²) in [5.74, 6) is 3.97. The van der Waals surface area contributed by atoms with E-state index in [-0.39, 0.29) is 9.45 Å². The Labute approximate surface area is 56.6 Å². The molecule has 0 aromatic carbocycles. The van der Waals surface area contributed by atoms with Gasteiger partial charge in [0.15, 0.2) is 0 Å². The Morgan fingerprint density at radius 3 is 2.88 bits per heavy atom. The van der Waals surface area contributed by atoms with Crippen molar-refractivity contribution in [2.75, 3.05) is 5.75 Å². The monoisotopic (exact) mass is 142 g/mol. The van der Waals surface area contributed by atoms with Crippen LogP contribution in [0.5, 0.6) is 0 Å². The standard InChI is InChI=1S/C6H6S2/c1-2-6-3-4-8(7)5-6/h1,3-4,6H,5H2. The number of hydrogen-bond acceptors (Lipinski definition) is 1. The highest BCUT2D eigenvalue weighted by molar-refractivity contribution is 8.30. The normalized spacial score (nSPS) is 34.9. The first-order chi connectivity index (χ1) is 3.83. The van der Waals surface area contributed by atoms with Crippen molar-refractivity contribution in [1.29, 1.82) is 0 Å². The third-order valence-electron chi connectivity index (χ3n) is 1.02. The Kier molecular flexibility index (Phi) is 1.82. The number of rotatable bonds is 0. The molecule has 1 rings (SSSR count). The van der Waals surface area contributed by atoms with Crippen LogP contribution in [-0.2, 0) is 20.6 Å². The van der Waals surface area contributed by atoms with Crippen molar-refractivity contribution in [2.24, 2.45) is 5.92 Å². The molecule has 2 unspecified atom stereocenters. The van der Waals surface area contributed by atoms with E-state index in [0.717, 1.165) is 5.75 Å². The van der Waals surface area contributed by atoms with Crippen molar-refractivity contribution in [3.05, 3.63) is 11.5 Å². The summed E-state index contributed by atoms with van der Waals surface area (Å²) in [6.07, 6.45) is 7.18. The first-order valence-electron chi connectivity index (χ1n) is 2.34. The second-order valence-electron chi connectivity index (χ2n) is 1.65. The lowest BCUT2D eigenvalue weighted by molar-refractivity contribution is 1.02. The van der Waals surface area contributed by atoms with Gasteiger partial charge in [0.25, 0.3) is 0 Å². The molecule has 8 heavy (non-hydrogen) atoms. The van der Waals surface area contributed by atoms with Gasteiger partial charge in [-0.2, -0.15) is 0 Å². The van der Waals surface area contributed by atoms with Crippen LogP contribution in [0.3, 0.4) is 0 Å². The molecule has 0 N–H and O–H groups in total. The van der Waals surface area contributed by atoms with E-state index in [9.17, 15) is 0 Å². The van der Waals surface area contributed by atoms with Crippen LogP contribution in [0.15, 0.2) is 11.5 Å². The molecule has 1 aliphatic rings. The minimum Gasteiger partial charge on any atom is -0.119 e. The Morgan fingerprint density at radius 2 is 2.62 bits per heavy atom. The maximum Gasteiger partial charge on any atom is 0.0484 e. The van der Waals surface area contributed by atoms with Gasteiger partial charge in [0.1, 0.15) is 0 Å². The molecule has 0 saturated carbocycles. The summed E-state index contributed by atoms with van der Waals surface area (Å²) in [6.45, 7) is 0. The van der Waals surface area contributed by atoms with E-state index < -0.39 is 0 Å². The molecule has 0 aliphatic carbocycles. The van der Waals surface area contributed by atoms with Gasteiger partial charge in [-0.05, 0) is 16.6 Å². The lowest BCUT2D eigenvalue weighted by atomic mass is 10.2. The molecule has 1 heterocycles. The molecule has 1 aliphatic heterocycles. The average Bonchev–Trinajstić information content (AvgIpc) is 2.14. The predicted molar refractivity (Wildman–Crippen MR) is 41.1 cm³/mol. The molecule has 0 aromatic rings. The fourth-order valence-corrected chi connectivity index (χ4v) is 2.24. The zero-order valence-corrected chi connectivity index (χ0v) is 5.97. The molecule has 42 valence electrons. The quantitative estimate of drug-likeness (QED) is 0.452. The van der Waals surface area contributed by atoms with Gasteiger partial charge >= 0.3 is 0 Å². The highest BCUT2D eigenvalue weighted by Gasteiger charge is 2.07. The van der Waals surface area contributed by atoms with E-state index in [4.69, 9.17) is 17.6 Å². The topological polar surface area (TPSA) is 0 Å². The minimum atomic E-state index is 0.0575. The van der Waals surface area contributed by atoms with Crippen LogP contribution in [0, 0.1) is 18.3 Å². The molecule has 0 spiro atoms. The maximum absolute atomic E-state index is 5.15. The van der Waals surface area contributed by atoms with E-state index in [0.29, 0.717) is 5.92 Å². The second-order valence-corrected chi connectivity index (χ2v) is 4.30. The van der Waals surface area contributed by atoms with Crippen molar-refractivity contribution >= 4 is 20.6 Å². The van der Waals surface area contributed by atoms with Gasteiger partial charge in [-0.25, -0.2) is 0 Å². The largest absolute Gasteiger partial charge is 0.119 e. The molecule has 2 heteroatoms. The summed E-state index contributed by atoms with van der Waals surface area (Å²) < 4.78 is 0. The van der Waals surface area contributed by atoms with E-state index >= 15 is 0 Å². The maximum atomic E-state index is 5.15. The first-order valence-corrected chi connectivity index (χ1v) is 4.73. The summed E-state index contributed by atoms with van der Waals surface area (Å²) in [5, 5.41) is 2.03. The van der Waals surface area contributed by atoms with Crippen LogP contribution in [0.4, 0.5) is 0 Å². The average molecular weight is 142 g/mol. The molecule has 2 atom stereocenters. The van der Waals surface area contributed by atoms with Crippen LogP contribution in [0.2, 0.25) is 0 Å². The predicted octanol–water partition coefficient (Wildman–Crippen LogP) is 0.843. The highest BCUT2D eigenvalue weighted by atomic mass is 32.8. The molecular formula is C6H6S2. The number of allylic oxidation sites excluding steroid dienone is 1. The van der Waals surface area contributed by atoms with Gasteiger partial charge in [-0.1, -0.05) is 21.5 Å². The van der Waals surface area contributed by atoms with Crippen LogP contribution in [0.1, 0.15) is 0 Å². The number of hydrogen-bond donors (Lipinski definition) is 0. The SMILES string of the molecule is C#CC1C=CS(=S)C1. The van der Waals surface area contributed by atoms with Gasteiger partial charge < -0.3 is 0 Å². The van der Waals surface area contributed by atoms with Gasteiger partial charge in [-0.15, -0.1) is 6.42 Å². The summed E-state index contributed by atoms with van der Waals surface area (Å²) in [6, 6.07) is 0. The fourth-order valence-electron chi connectivity index (χ4n) is 0.574. The Balaban J connectivity index is 2.62.